The maximum atomic E-state index is 12.2. The lowest BCUT2D eigenvalue weighted by Crippen LogP contribution is -2.18. The smallest absolute Gasteiger partial charge is 0.364 e. The largest absolute Gasteiger partial charge is 0.505 e. The molecule has 0 atom stereocenters. The number of fused-ring (bicyclic) bond motifs is 1. The highest BCUT2D eigenvalue weighted by Gasteiger charge is 2.22. The van der Waals surface area contributed by atoms with Crippen LogP contribution in [0.3, 0.4) is 0 Å². The number of carboxylic acid groups (broad SMARTS) is 1. The number of aromatic nitrogens is 1. The van der Waals surface area contributed by atoms with Gasteiger partial charge in [0, 0.05) is 0 Å². The van der Waals surface area contributed by atoms with Crippen LogP contribution in [-0.4, -0.2) is 32.2 Å². The van der Waals surface area contributed by atoms with Crippen LogP contribution in [0.1, 0.15) is 21.0 Å². The summed E-state index contributed by atoms with van der Waals surface area (Å²) >= 11 is 11.6. The molecule has 0 aliphatic carbocycles. The minimum Gasteiger partial charge on any atom is -0.505 e. The normalized spacial score (nSPS) is 10.8. The number of H-pyrrole nitrogens is 1. The lowest BCUT2D eigenvalue weighted by molar-refractivity contribution is 0.0691. The number of rotatable bonds is 3. The lowest BCUT2D eigenvalue weighted by atomic mass is 10.2. The van der Waals surface area contributed by atoms with Crippen LogP contribution in [0.15, 0.2) is 27.4 Å². The predicted molar refractivity (Wildman–Crippen MR) is 91.5 cm³/mol. The number of carbonyl (C=O) groups is 2. The van der Waals surface area contributed by atoms with Gasteiger partial charge in [-0.05, 0) is 18.2 Å². The Morgan fingerprint density at radius 1 is 1.12 bits per heavy atom. The van der Waals surface area contributed by atoms with Gasteiger partial charge in [-0.15, -0.1) is 0 Å². The van der Waals surface area contributed by atoms with E-state index >= 15 is 0 Å². The minimum atomic E-state index is -1.28. The second-order valence-corrected chi connectivity index (χ2v) is 5.84. The molecule has 3 aromatic rings. The number of nitrogens with one attached hydrogen (secondary N) is 2. The SMILES string of the molecule is O=C(O)c1ccc(C(=O)Nc2c(O)c3cc(Cl)c(O)c(Cl)c3oc2=O)[nH]1. The standard InChI is InChI=1S/C15H8Cl2N2O7/c16-5-3-4-10(20)9(15(25)26-12(4)8(17)11(5)21)19-13(22)6-1-2-7(18-6)14(23)24/h1-3,18,20-21H,(H,19,22)(H,23,24). The van der Waals surface area contributed by atoms with Crippen molar-refractivity contribution < 1.29 is 29.3 Å². The van der Waals surface area contributed by atoms with Gasteiger partial charge in [0.15, 0.2) is 22.8 Å². The first kappa shape index (κ1) is 17.6. The van der Waals surface area contributed by atoms with E-state index in [4.69, 9.17) is 32.7 Å². The topological polar surface area (TPSA) is 153 Å². The Balaban J connectivity index is 2.07. The number of phenolic OH excluding ortho intramolecular Hbond substituents is 1. The molecule has 1 amide bonds. The predicted octanol–water partition coefficient (Wildman–Crippen LogP) is 2.79. The van der Waals surface area contributed by atoms with Crippen LogP contribution >= 0.6 is 23.2 Å². The van der Waals surface area contributed by atoms with Crippen molar-refractivity contribution in [1.29, 1.82) is 0 Å². The number of hydrogen-bond acceptors (Lipinski definition) is 6. The van der Waals surface area contributed by atoms with E-state index in [0.29, 0.717) is 0 Å². The molecule has 1 aromatic carbocycles. The summed E-state index contributed by atoms with van der Waals surface area (Å²) in [4.78, 5) is 37.4. The molecule has 2 aromatic heterocycles. The molecule has 0 saturated heterocycles. The zero-order chi connectivity index (χ0) is 19.2. The van der Waals surface area contributed by atoms with Crippen LogP contribution in [0.5, 0.6) is 11.5 Å². The van der Waals surface area contributed by atoms with Crippen molar-refractivity contribution >= 4 is 51.7 Å². The van der Waals surface area contributed by atoms with E-state index in [9.17, 15) is 24.6 Å². The molecular formula is C15H8Cl2N2O7. The number of aromatic carboxylic acids is 1. The van der Waals surface area contributed by atoms with Gasteiger partial charge in [-0.25, -0.2) is 9.59 Å². The van der Waals surface area contributed by atoms with Crippen LogP contribution in [0, 0.1) is 0 Å². The molecule has 0 unspecified atom stereocenters. The highest BCUT2D eigenvalue weighted by molar-refractivity contribution is 6.40. The molecule has 0 aliphatic heterocycles. The summed E-state index contributed by atoms with van der Waals surface area (Å²) in [6, 6.07) is 3.44. The highest BCUT2D eigenvalue weighted by Crippen LogP contribution is 2.42. The number of phenols is 1. The van der Waals surface area contributed by atoms with E-state index in [1.807, 2.05) is 0 Å². The Morgan fingerprint density at radius 2 is 1.77 bits per heavy atom. The van der Waals surface area contributed by atoms with Crippen molar-refractivity contribution in [3.63, 3.8) is 0 Å². The van der Waals surface area contributed by atoms with E-state index in [1.165, 1.54) is 6.07 Å². The number of anilines is 1. The maximum absolute atomic E-state index is 12.2. The summed E-state index contributed by atoms with van der Waals surface area (Å²) in [5.41, 5.74) is -2.46. The number of amides is 1. The van der Waals surface area contributed by atoms with Crippen LogP contribution < -0.4 is 10.9 Å². The van der Waals surface area contributed by atoms with Gasteiger partial charge < -0.3 is 30.0 Å². The summed E-state index contributed by atoms with van der Waals surface area (Å²) in [5.74, 6) is -3.39. The van der Waals surface area contributed by atoms with Crippen molar-refractivity contribution in [1.82, 2.24) is 4.98 Å². The summed E-state index contributed by atoms with van der Waals surface area (Å²) in [7, 11) is 0. The molecule has 0 bridgehead atoms. The Bertz CT molecular complexity index is 1130. The third-order valence-electron chi connectivity index (χ3n) is 3.44. The van der Waals surface area contributed by atoms with Gasteiger partial charge in [-0.2, -0.15) is 0 Å². The Kier molecular flexibility index (Phi) is 4.26. The van der Waals surface area contributed by atoms with Gasteiger partial charge in [0.2, 0.25) is 0 Å². The van der Waals surface area contributed by atoms with Crippen LogP contribution in [0.2, 0.25) is 10.0 Å². The number of aromatic amines is 1. The summed E-state index contributed by atoms with van der Waals surface area (Å²) in [6.07, 6.45) is 0. The minimum absolute atomic E-state index is 0.120. The van der Waals surface area contributed by atoms with E-state index in [2.05, 4.69) is 10.3 Å². The lowest BCUT2D eigenvalue weighted by Gasteiger charge is -2.09. The van der Waals surface area contributed by atoms with Crippen molar-refractivity contribution in [2.75, 3.05) is 5.32 Å². The first-order valence-electron chi connectivity index (χ1n) is 6.81. The highest BCUT2D eigenvalue weighted by atomic mass is 35.5. The zero-order valence-corrected chi connectivity index (χ0v) is 14.0. The summed E-state index contributed by atoms with van der Waals surface area (Å²) in [6.45, 7) is 0. The second kappa shape index (κ2) is 6.28. The monoisotopic (exact) mass is 398 g/mol. The first-order valence-corrected chi connectivity index (χ1v) is 7.56. The number of aromatic hydroxyl groups is 2. The fraction of sp³-hybridized carbons (Fsp3) is 0. The third-order valence-corrected chi connectivity index (χ3v) is 4.08. The zero-order valence-electron chi connectivity index (χ0n) is 12.5. The fourth-order valence-corrected chi connectivity index (χ4v) is 2.68. The molecule has 11 heteroatoms. The van der Waals surface area contributed by atoms with Crippen LogP contribution in [-0.2, 0) is 0 Å². The van der Waals surface area contributed by atoms with Gasteiger partial charge in [-0.3, -0.25) is 4.79 Å². The molecule has 0 fully saturated rings. The molecule has 0 spiro atoms. The molecule has 5 N–H and O–H groups in total. The average molecular weight is 399 g/mol. The molecule has 134 valence electrons. The molecular weight excluding hydrogens is 391 g/mol. The second-order valence-electron chi connectivity index (χ2n) is 5.06. The Labute approximate surface area is 153 Å². The summed E-state index contributed by atoms with van der Waals surface area (Å²) < 4.78 is 4.94. The Morgan fingerprint density at radius 3 is 2.38 bits per heavy atom. The number of benzene rings is 1. The molecule has 0 saturated carbocycles. The van der Waals surface area contributed by atoms with Gasteiger partial charge in [0.1, 0.15) is 16.4 Å². The third kappa shape index (κ3) is 2.83. The summed E-state index contributed by atoms with van der Waals surface area (Å²) in [5, 5.41) is 30.2. The molecule has 9 nitrogen and oxygen atoms in total. The Hall–Kier alpha value is -3.17. The van der Waals surface area contributed by atoms with Crippen LogP contribution in [0.4, 0.5) is 5.69 Å². The van der Waals surface area contributed by atoms with Gasteiger partial charge in [0.25, 0.3) is 5.91 Å². The maximum Gasteiger partial charge on any atom is 0.364 e. The van der Waals surface area contributed by atoms with Crippen LogP contribution in [0.25, 0.3) is 11.0 Å². The van der Waals surface area contributed by atoms with E-state index in [1.54, 1.807) is 0 Å². The molecule has 2 heterocycles. The van der Waals surface area contributed by atoms with E-state index in [-0.39, 0.29) is 32.4 Å². The fourth-order valence-electron chi connectivity index (χ4n) is 2.19. The molecule has 3 rings (SSSR count). The van der Waals surface area contributed by atoms with E-state index in [0.717, 1.165) is 12.1 Å². The molecule has 26 heavy (non-hydrogen) atoms. The number of carbonyl (C=O) groups excluding carboxylic acids is 1. The number of hydrogen-bond donors (Lipinski definition) is 5. The average Bonchev–Trinajstić information content (AvgIpc) is 3.08. The van der Waals surface area contributed by atoms with Gasteiger partial charge >= 0.3 is 11.6 Å². The van der Waals surface area contributed by atoms with Crippen molar-refractivity contribution in [2.45, 2.75) is 0 Å². The molecule has 0 radical (unpaired) electrons. The first-order chi connectivity index (χ1) is 12.2. The van der Waals surface area contributed by atoms with Crippen molar-refractivity contribution in [3.8, 4) is 11.5 Å². The van der Waals surface area contributed by atoms with Gasteiger partial charge in [-0.1, -0.05) is 23.2 Å². The van der Waals surface area contributed by atoms with Crippen molar-refractivity contribution in [2.24, 2.45) is 0 Å². The van der Waals surface area contributed by atoms with E-state index < -0.39 is 34.7 Å². The quantitative estimate of drug-likeness (QED) is 0.425. The number of carboxylic acids is 1. The number of halogens is 2. The van der Waals surface area contributed by atoms with Gasteiger partial charge in [0.05, 0.1) is 10.4 Å². The molecule has 0 aliphatic rings. The van der Waals surface area contributed by atoms with Crippen molar-refractivity contribution in [3.05, 3.63) is 50.1 Å².